The van der Waals surface area contributed by atoms with Gasteiger partial charge in [0.15, 0.2) is 0 Å². The monoisotopic (exact) mass is 252 g/mol. The number of rotatable bonds is 5. The van der Waals surface area contributed by atoms with Crippen LogP contribution >= 0.6 is 0 Å². The predicted octanol–water partition coefficient (Wildman–Crippen LogP) is 0.136. The standard InChI is InChI=1S/C11H16N4O3/c1-18-10(16)7-3-2-4-8(9(7)12)14-5-6-15-11(13)17/h2-4,14H,5-6,12H2,1H3,(H3,13,15,17). The lowest BCUT2D eigenvalue weighted by Gasteiger charge is -2.11. The molecule has 0 bridgehead atoms. The van der Waals surface area contributed by atoms with Crippen LogP contribution in [-0.4, -0.2) is 32.2 Å². The number of para-hydroxylation sites is 1. The van der Waals surface area contributed by atoms with Crippen molar-refractivity contribution in [2.24, 2.45) is 5.73 Å². The van der Waals surface area contributed by atoms with Crippen LogP contribution in [0, 0.1) is 0 Å². The number of primary amides is 1. The molecular weight excluding hydrogens is 236 g/mol. The molecule has 2 amide bonds. The summed E-state index contributed by atoms with van der Waals surface area (Å²) < 4.78 is 4.61. The number of anilines is 2. The summed E-state index contributed by atoms with van der Waals surface area (Å²) in [6.07, 6.45) is 0. The van der Waals surface area contributed by atoms with E-state index in [1.165, 1.54) is 7.11 Å². The third-order valence-corrected chi connectivity index (χ3v) is 2.25. The summed E-state index contributed by atoms with van der Waals surface area (Å²) in [5, 5.41) is 5.41. The van der Waals surface area contributed by atoms with Crippen molar-refractivity contribution in [2.45, 2.75) is 0 Å². The van der Waals surface area contributed by atoms with Crippen molar-refractivity contribution in [2.75, 3.05) is 31.2 Å². The van der Waals surface area contributed by atoms with E-state index in [0.29, 0.717) is 30.0 Å². The van der Waals surface area contributed by atoms with E-state index in [1.807, 2.05) is 0 Å². The van der Waals surface area contributed by atoms with Gasteiger partial charge in [0.25, 0.3) is 0 Å². The SMILES string of the molecule is COC(=O)c1cccc(NCCNC(N)=O)c1N. The van der Waals surface area contributed by atoms with Gasteiger partial charge < -0.3 is 26.8 Å². The first-order valence-corrected chi connectivity index (χ1v) is 5.30. The number of hydrogen-bond acceptors (Lipinski definition) is 5. The average Bonchev–Trinajstić information content (AvgIpc) is 2.35. The normalized spacial score (nSPS) is 9.61. The quantitative estimate of drug-likeness (QED) is 0.337. The summed E-state index contributed by atoms with van der Waals surface area (Å²) in [5.74, 6) is -0.494. The highest BCUT2D eigenvalue weighted by molar-refractivity contribution is 5.98. The molecule has 0 aliphatic carbocycles. The second kappa shape index (κ2) is 6.33. The van der Waals surface area contributed by atoms with E-state index >= 15 is 0 Å². The summed E-state index contributed by atoms with van der Waals surface area (Å²) in [6.45, 7) is 0.801. The second-order valence-corrected chi connectivity index (χ2v) is 3.48. The Hall–Kier alpha value is -2.44. The highest BCUT2D eigenvalue weighted by Gasteiger charge is 2.12. The van der Waals surface area contributed by atoms with Crippen LogP contribution in [0.1, 0.15) is 10.4 Å². The molecule has 0 saturated carbocycles. The smallest absolute Gasteiger partial charge is 0.340 e. The minimum absolute atomic E-state index is 0.297. The maximum atomic E-state index is 11.4. The number of esters is 1. The van der Waals surface area contributed by atoms with E-state index in [9.17, 15) is 9.59 Å². The number of nitrogen functional groups attached to an aromatic ring is 1. The number of nitrogens with one attached hydrogen (secondary N) is 2. The van der Waals surface area contributed by atoms with Crippen molar-refractivity contribution in [3.63, 3.8) is 0 Å². The Morgan fingerprint density at radius 2 is 2.06 bits per heavy atom. The second-order valence-electron chi connectivity index (χ2n) is 3.48. The van der Waals surface area contributed by atoms with Crippen LogP contribution in [0.2, 0.25) is 0 Å². The topological polar surface area (TPSA) is 119 Å². The lowest BCUT2D eigenvalue weighted by atomic mass is 10.1. The van der Waals surface area contributed by atoms with Crippen LogP contribution in [0.3, 0.4) is 0 Å². The summed E-state index contributed by atoms with van der Waals surface area (Å²) in [7, 11) is 1.29. The van der Waals surface area contributed by atoms with Gasteiger partial charge in [-0.3, -0.25) is 0 Å². The van der Waals surface area contributed by atoms with Crippen LogP contribution in [-0.2, 0) is 4.74 Å². The van der Waals surface area contributed by atoms with Gasteiger partial charge in [0.05, 0.1) is 24.0 Å². The van der Waals surface area contributed by atoms with E-state index in [2.05, 4.69) is 15.4 Å². The molecule has 0 spiro atoms. The molecule has 0 saturated heterocycles. The van der Waals surface area contributed by atoms with E-state index in [0.717, 1.165) is 0 Å². The number of methoxy groups -OCH3 is 1. The summed E-state index contributed by atoms with van der Waals surface area (Å²) in [4.78, 5) is 21.9. The molecule has 1 rings (SSSR count). The molecule has 0 aliphatic heterocycles. The number of carbonyl (C=O) groups excluding carboxylic acids is 2. The van der Waals surface area contributed by atoms with Crippen molar-refractivity contribution in [1.82, 2.24) is 5.32 Å². The van der Waals surface area contributed by atoms with E-state index in [4.69, 9.17) is 11.5 Å². The molecule has 7 heteroatoms. The zero-order chi connectivity index (χ0) is 13.5. The van der Waals surface area contributed by atoms with Gasteiger partial charge in [0, 0.05) is 13.1 Å². The van der Waals surface area contributed by atoms with Gasteiger partial charge in [-0.1, -0.05) is 6.07 Å². The number of nitrogens with two attached hydrogens (primary N) is 2. The number of benzene rings is 1. The molecule has 18 heavy (non-hydrogen) atoms. The van der Waals surface area contributed by atoms with Crippen LogP contribution in [0.25, 0.3) is 0 Å². The van der Waals surface area contributed by atoms with Crippen molar-refractivity contribution in [3.05, 3.63) is 23.8 Å². The molecule has 6 N–H and O–H groups in total. The first-order chi connectivity index (χ1) is 8.56. The Kier molecular flexibility index (Phi) is 4.79. The van der Waals surface area contributed by atoms with E-state index in [1.54, 1.807) is 18.2 Å². The minimum atomic E-state index is -0.590. The third kappa shape index (κ3) is 3.55. The van der Waals surface area contributed by atoms with Crippen LogP contribution in [0.4, 0.5) is 16.2 Å². The first kappa shape index (κ1) is 13.6. The fourth-order valence-corrected chi connectivity index (χ4v) is 1.39. The zero-order valence-corrected chi connectivity index (χ0v) is 10.0. The average molecular weight is 252 g/mol. The maximum Gasteiger partial charge on any atom is 0.340 e. The van der Waals surface area contributed by atoms with Gasteiger partial charge >= 0.3 is 12.0 Å². The number of hydrogen-bond donors (Lipinski definition) is 4. The molecule has 1 aromatic carbocycles. The Bertz CT molecular complexity index is 448. The summed E-state index contributed by atoms with van der Waals surface area (Å²) in [6, 6.07) is 4.40. The number of ether oxygens (including phenoxy) is 1. The predicted molar refractivity (Wildman–Crippen MR) is 68.3 cm³/mol. The fraction of sp³-hybridized carbons (Fsp3) is 0.273. The maximum absolute atomic E-state index is 11.4. The van der Waals surface area contributed by atoms with Gasteiger partial charge in [-0.15, -0.1) is 0 Å². The van der Waals surface area contributed by atoms with E-state index < -0.39 is 12.0 Å². The molecule has 0 atom stereocenters. The van der Waals surface area contributed by atoms with Gasteiger partial charge in [0.2, 0.25) is 0 Å². The van der Waals surface area contributed by atoms with Gasteiger partial charge in [0.1, 0.15) is 0 Å². The summed E-state index contributed by atoms with van der Waals surface area (Å²) in [5.41, 5.74) is 12.0. The van der Waals surface area contributed by atoms with Gasteiger partial charge in [-0.05, 0) is 12.1 Å². The first-order valence-electron chi connectivity index (χ1n) is 5.30. The van der Waals surface area contributed by atoms with Crippen molar-refractivity contribution in [1.29, 1.82) is 0 Å². The molecule has 98 valence electrons. The van der Waals surface area contributed by atoms with Gasteiger partial charge in [-0.2, -0.15) is 0 Å². The lowest BCUT2D eigenvalue weighted by molar-refractivity contribution is 0.0602. The fourth-order valence-electron chi connectivity index (χ4n) is 1.39. The molecule has 0 aliphatic rings. The largest absolute Gasteiger partial charge is 0.465 e. The minimum Gasteiger partial charge on any atom is -0.465 e. The number of carbonyl (C=O) groups is 2. The van der Waals surface area contributed by atoms with Crippen molar-refractivity contribution >= 4 is 23.4 Å². The molecule has 0 radical (unpaired) electrons. The molecular formula is C11H16N4O3. The van der Waals surface area contributed by atoms with E-state index in [-0.39, 0.29) is 0 Å². The zero-order valence-electron chi connectivity index (χ0n) is 10.0. The molecule has 0 aromatic heterocycles. The van der Waals surface area contributed by atoms with Crippen molar-refractivity contribution < 1.29 is 14.3 Å². The third-order valence-electron chi connectivity index (χ3n) is 2.25. The number of amides is 2. The molecule has 7 nitrogen and oxygen atoms in total. The van der Waals surface area contributed by atoms with Crippen LogP contribution < -0.4 is 22.1 Å². The molecule has 1 aromatic rings. The highest BCUT2D eigenvalue weighted by atomic mass is 16.5. The molecule has 0 fully saturated rings. The Morgan fingerprint density at radius 1 is 1.33 bits per heavy atom. The molecule has 0 heterocycles. The highest BCUT2D eigenvalue weighted by Crippen LogP contribution is 2.22. The Morgan fingerprint density at radius 3 is 2.67 bits per heavy atom. The number of urea groups is 1. The molecule has 0 unspecified atom stereocenters. The van der Waals surface area contributed by atoms with Crippen molar-refractivity contribution in [3.8, 4) is 0 Å². The van der Waals surface area contributed by atoms with Gasteiger partial charge in [-0.25, -0.2) is 9.59 Å². The van der Waals surface area contributed by atoms with Crippen LogP contribution in [0.15, 0.2) is 18.2 Å². The van der Waals surface area contributed by atoms with Crippen LogP contribution in [0.5, 0.6) is 0 Å². The lowest BCUT2D eigenvalue weighted by Crippen LogP contribution is -2.33. The Balaban J connectivity index is 2.66. The Labute approximate surface area is 104 Å². The summed E-state index contributed by atoms with van der Waals surface area (Å²) >= 11 is 0.